The zero-order valence-corrected chi connectivity index (χ0v) is 14.0. The lowest BCUT2D eigenvalue weighted by Crippen LogP contribution is -2.55. The zero-order valence-electron chi connectivity index (χ0n) is 13.2. The van der Waals surface area contributed by atoms with Gasteiger partial charge in [0.15, 0.2) is 0 Å². The van der Waals surface area contributed by atoms with Gasteiger partial charge in [-0.05, 0) is 29.9 Å². The number of carbonyl (C=O) groups excluding carboxylic acids is 2. The van der Waals surface area contributed by atoms with Crippen LogP contribution in [0.2, 0.25) is 0 Å². The van der Waals surface area contributed by atoms with E-state index in [2.05, 4.69) is 0 Å². The van der Waals surface area contributed by atoms with E-state index >= 15 is 0 Å². The summed E-state index contributed by atoms with van der Waals surface area (Å²) in [4.78, 5) is 36.1. The lowest BCUT2D eigenvalue weighted by atomic mass is 10.0. The Morgan fingerprint density at radius 3 is 2.71 bits per heavy atom. The molecule has 3 unspecified atom stereocenters. The molecule has 2 aliphatic rings. The van der Waals surface area contributed by atoms with Crippen molar-refractivity contribution in [2.45, 2.75) is 43.7 Å². The van der Waals surface area contributed by atoms with Gasteiger partial charge in [0, 0.05) is 29.8 Å². The van der Waals surface area contributed by atoms with Gasteiger partial charge in [0.05, 0.1) is 4.92 Å². The fourth-order valence-corrected chi connectivity index (χ4v) is 4.46. The molecule has 2 saturated heterocycles. The maximum absolute atomic E-state index is 12.5. The Kier molecular flexibility index (Phi) is 4.75. The summed E-state index contributed by atoms with van der Waals surface area (Å²) in [6, 6.07) is 5.54. The van der Waals surface area contributed by atoms with Crippen LogP contribution in [0.5, 0.6) is 0 Å². The van der Waals surface area contributed by atoms with Gasteiger partial charge >= 0.3 is 5.97 Å². The third-order valence-electron chi connectivity index (χ3n) is 4.40. The SMILES string of the molecule is CCSC1CC2CC(=O)N2C1C(=O)OCc1ccc([N+](=O)[O-])cc1. The number of fused-ring (bicyclic) bond motifs is 1. The number of carbonyl (C=O) groups is 2. The molecule has 24 heavy (non-hydrogen) atoms. The van der Waals surface area contributed by atoms with Crippen LogP contribution < -0.4 is 0 Å². The number of amides is 1. The van der Waals surface area contributed by atoms with E-state index in [1.54, 1.807) is 28.8 Å². The summed E-state index contributed by atoms with van der Waals surface area (Å²) in [6.45, 7) is 2.07. The first-order valence-corrected chi connectivity index (χ1v) is 8.89. The number of thioether (sulfide) groups is 1. The molecule has 1 aromatic rings. The molecule has 0 radical (unpaired) electrons. The average molecular weight is 350 g/mol. The van der Waals surface area contributed by atoms with Gasteiger partial charge in [-0.2, -0.15) is 11.8 Å². The highest BCUT2D eigenvalue weighted by atomic mass is 32.2. The van der Waals surface area contributed by atoms with Gasteiger partial charge in [-0.25, -0.2) is 4.79 Å². The molecule has 3 atom stereocenters. The molecule has 128 valence electrons. The third kappa shape index (κ3) is 3.10. The average Bonchev–Trinajstić information content (AvgIpc) is 2.85. The van der Waals surface area contributed by atoms with Crippen molar-refractivity contribution in [1.29, 1.82) is 0 Å². The van der Waals surface area contributed by atoms with Gasteiger partial charge in [0.25, 0.3) is 5.69 Å². The molecule has 1 amide bonds. The molecule has 3 rings (SSSR count). The highest BCUT2D eigenvalue weighted by molar-refractivity contribution is 7.99. The number of hydrogen-bond donors (Lipinski definition) is 0. The topological polar surface area (TPSA) is 89.8 Å². The van der Waals surface area contributed by atoms with E-state index in [0.29, 0.717) is 12.0 Å². The second kappa shape index (κ2) is 6.80. The van der Waals surface area contributed by atoms with E-state index < -0.39 is 16.9 Å². The summed E-state index contributed by atoms with van der Waals surface area (Å²) in [5, 5.41) is 10.7. The Balaban J connectivity index is 1.62. The van der Waals surface area contributed by atoms with Crippen molar-refractivity contribution in [2.75, 3.05) is 5.75 Å². The monoisotopic (exact) mass is 350 g/mol. The van der Waals surface area contributed by atoms with Crippen LogP contribution in [0.15, 0.2) is 24.3 Å². The van der Waals surface area contributed by atoms with Crippen LogP contribution in [0.25, 0.3) is 0 Å². The maximum Gasteiger partial charge on any atom is 0.330 e. The zero-order chi connectivity index (χ0) is 17.3. The van der Waals surface area contributed by atoms with Crippen molar-refractivity contribution >= 4 is 29.3 Å². The van der Waals surface area contributed by atoms with Crippen molar-refractivity contribution in [3.63, 3.8) is 0 Å². The number of non-ortho nitro benzene ring substituents is 1. The Morgan fingerprint density at radius 1 is 1.42 bits per heavy atom. The minimum Gasteiger partial charge on any atom is -0.459 e. The first kappa shape index (κ1) is 16.8. The van der Waals surface area contributed by atoms with Gasteiger partial charge < -0.3 is 9.64 Å². The summed E-state index contributed by atoms with van der Waals surface area (Å²) < 4.78 is 5.37. The third-order valence-corrected chi connectivity index (χ3v) is 5.61. The Morgan fingerprint density at radius 2 is 2.12 bits per heavy atom. The van der Waals surface area contributed by atoms with Crippen LogP contribution in [0, 0.1) is 10.1 Å². The number of nitrogens with zero attached hydrogens (tertiary/aromatic N) is 2. The second-order valence-corrected chi connectivity index (χ2v) is 7.38. The molecule has 2 aliphatic heterocycles. The molecule has 0 saturated carbocycles. The molecular weight excluding hydrogens is 332 g/mol. The highest BCUT2D eigenvalue weighted by Gasteiger charge is 2.54. The summed E-state index contributed by atoms with van der Waals surface area (Å²) in [5.41, 5.74) is 0.674. The van der Waals surface area contributed by atoms with E-state index in [1.165, 1.54) is 12.1 Å². The van der Waals surface area contributed by atoms with Crippen molar-refractivity contribution in [3.05, 3.63) is 39.9 Å². The van der Waals surface area contributed by atoms with E-state index in [0.717, 1.165) is 12.2 Å². The Labute approximate surface area is 143 Å². The molecule has 7 nitrogen and oxygen atoms in total. The van der Waals surface area contributed by atoms with E-state index in [4.69, 9.17) is 4.74 Å². The van der Waals surface area contributed by atoms with Gasteiger partial charge in [-0.1, -0.05) is 6.92 Å². The van der Waals surface area contributed by atoms with Gasteiger partial charge in [0.1, 0.15) is 12.6 Å². The first-order chi connectivity index (χ1) is 11.5. The molecule has 2 heterocycles. The number of rotatable bonds is 6. The number of esters is 1. The summed E-state index contributed by atoms with van der Waals surface area (Å²) >= 11 is 1.68. The van der Waals surface area contributed by atoms with Crippen molar-refractivity contribution in [2.24, 2.45) is 0 Å². The van der Waals surface area contributed by atoms with Crippen LogP contribution in [0.3, 0.4) is 0 Å². The predicted molar refractivity (Wildman–Crippen MR) is 88.5 cm³/mol. The number of nitro benzene ring substituents is 1. The first-order valence-electron chi connectivity index (χ1n) is 7.84. The number of ether oxygens (including phenoxy) is 1. The van der Waals surface area contributed by atoms with Crippen LogP contribution in [-0.2, 0) is 20.9 Å². The van der Waals surface area contributed by atoms with Crippen LogP contribution in [0.1, 0.15) is 25.3 Å². The Bertz CT molecular complexity index is 663. The molecule has 0 spiro atoms. The predicted octanol–water partition coefficient (Wildman–Crippen LogP) is 2.13. The molecule has 0 N–H and O–H groups in total. The van der Waals surface area contributed by atoms with Crippen molar-refractivity contribution < 1.29 is 19.2 Å². The highest BCUT2D eigenvalue weighted by Crippen LogP contribution is 2.41. The van der Waals surface area contributed by atoms with E-state index in [-0.39, 0.29) is 29.5 Å². The van der Waals surface area contributed by atoms with Crippen molar-refractivity contribution in [1.82, 2.24) is 4.90 Å². The molecule has 0 aliphatic carbocycles. The quantitative estimate of drug-likeness (QED) is 0.338. The minimum absolute atomic E-state index is 0.00528. The van der Waals surface area contributed by atoms with Gasteiger partial charge in [0.2, 0.25) is 5.91 Å². The lowest BCUT2D eigenvalue weighted by molar-refractivity contribution is -0.384. The van der Waals surface area contributed by atoms with Crippen LogP contribution in [0.4, 0.5) is 5.69 Å². The number of benzene rings is 1. The van der Waals surface area contributed by atoms with Gasteiger partial charge in [-0.15, -0.1) is 0 Å². The minimum atomic E-state index is -0.515. The molecule has 2 fully saturated rings. The summed E-state index contributed by atoms with van der Waals surface area (Å²) in [7, 11) is 0. The largest absolute Gasteiger partial charge is 0.459 e. The molecule has 1 aromatic carbocycles. The standard InChI is InChI=1S/C16H18N2O5S/c1-2-24-13-7-12-8-14(19)17(12)15(13)16(20)23-9-10-3-5-11(6-4-10)18(21)22/h3-6,12-13,15H,2,7-9H2,1H3. The molecule has 8 heteroatoms. The fourth-order valence-electron chi connectivity index (χ4n) is 3.24. The summed E-state index contributed by atoms with van der Waals surface area (Å²) in [6.07, 6.45) is 1.36. The fraction of sp³-hybridized carbons (Fsp3) is 0.500. The lowest BCUT2D eigenvalue weighted by Gasteiger charge is -2.37. The van der Waals surface area contributed by atoms with E-state index in [1.807, 2.05) is 6.92 Å². The summed E-state index contributed by atoms with van der Waals surface area (Å²) in [5.74, 6) is 0.497. The van der Waals surface area contributed by atoms with Crippen LogP contribution in [-0.4, -0.2) is 44.8 Å². The number of hydrogen-bond acceptors (Lipinski definition) is 6. The molecule has 0 aromatic heterocycles. The number of nitro groups is 1. The van der Waals surface area contributed by atoms with E-state index in [9.17, 15) is 19.7 Å². The second-order valence-electron chi connectivity index (χ2n) is 5.86. The number of β-lactam (4-membered cyclic amide) rings is 1. The maximum atomic E-state index is 12.5. The van der Waals surface area contributed by atoms with Crippen molar-refractivity contribution in [3.8, 4) is 0 Å². The van der Waals surface area contributed by atoms with Crippen LogP contribution >= 0.6 is 11.8 Å². The normalized spacial score (nSPS) is 25.1. The smallest absolute Gasteiger partial charge is 0.330 e. The Hall–Kier alpha value is -2.09. The molecule has 0 bridgehead atoms. The van der Waals surface area contributed by atoms with Gasteiger partial charge in [-0.3, -0.25) is 14.9 Å². The molecular formula is C16H18N2O5S.